The molecule has 1 heterocycles. The molecular weight excluding hydrogens is 254 g/mol. The monoisotopic (exact) mass is 279 g/mol. The Labute approximate surface area is 120 Å². The van der Waals surface area contributed by atoms with Gasteiger partial charge < -0.3 is 10.1 Å². The van der Waals surface area contributed by atoms with Gasteiger partial charge in [-0.25, -0.2) is 4.79 Å². The van der Waals surface area contributed by atoms with Crippen LogP contribution in [0.2, 0.25) is 0 Å². The van der Waals surface area contributed by atoms with Crippen LogP contribution in [0, 0.1) is 5.41 Å². The summed E-state index contributed by atoms with van der Waals surface area (Å²) in [6, 6.07) is 0. The fourth-order valence-electron chi connectivity index (χ4n) is 2.72. The number of aromatic nitrogens is 2. The summed E-state index contributed by atoms with van der Waals surface area (Å²) in [4.78, 5) is 11.9. The van der Waals surface area contributed by atoms with E-state index in [0.29, 0.717) is 24.1 Å². The molecule has 0 aromatic carbocycles. The van der Waals surface area contributed by atoms with E-state index in [4.69, 9.17) is 4.74 Å². The van der Waals surface area contributed by atoms with Gasteiger partial charge in [0, 0.05) is 20.1 Å². The van der Waals surface area contributed by atoms with Gasteiger partial charge in [-0.1, -0.05) is 13.3 Å². The summed E-state index contributed by atoms with van der Waals surface area (Å²) in [6.07, 6.45) is 6.76. The standard InChI is InChI=1S/C15H25N3O2/c1-4-6-15(7-8-15)11-16-10-13-12(9-17-18(13)3)14(19)20-5-2/h9,16H,4-8,10-11H2,1-3H3. The zero-order chi connectivity index (χ0) is 14.6. The highest BCUT2D eigenvalue weighted by Crippen LogP contribution is 2.48. The highest BCUT2D eigenvalue weighted by atomic mass is 16.5. The Hall–Kier alpha value is -1.36. The first-order valence-corrected chi connectivity index (χ1v) is 7.50. The van der Waals surface area contributed by atoms with Gasteiger partial charge in [-0.3, -0.25) is 4.68 Å². The van der Waals surface area contributed by atoms with Crippen molar-refractivity contribution in [3.8, 4) is 0 Å². The fraction of sp³-hybridized carbons (Fsp3) is 0.733. The van der Waals surface area contributed by atoms with Gasteiger partial charge in [0.25, 0.3) is 0 Å². The Morgan fingerprint density at radius 2 is 2.25 bits per heavy atom. The van der Waals surface area contributed by atoms with Crippen LogP contribution in [0.15, 0.2) is 6.20 Å². The van der Waals surface area contributed by atoms with E-state index in [1.54, 1.807) is 10.9 Å². The van der Waals surface area contributed by atoms with Crippen molar-refractivity contribution in [2.45, 2.75) is 46.1 Å². The second kappa shape index (κ2) is 6.39. The molecule has 1 fully saturated rings. The summed E-state index contributed by atoms with van der Waals surface area (Å²) >= 11 is 0. The Morgan fingerprint density at radius 1 is 1.50 bits per heavy atom. The Balaban J connectivity index is 1.92. The molecule has 0 atom stereocenters. The highest BCUT2D eigenvalue weighted by Gasteiger charge is 2.40. The predicted molar refractivity (Wildman–Crippen MR) is 77.4 cm³/mol. The maximum absolute atomic E-state index is 11.9. The molecule has 1 N–H and O–H groups in total. The van der Waals surface area contributed by atoms with Crippen LogP contribution in [0.25, 0.3) is 0 Å². The average Bonchev–Trinajstić information content (AvgIpc) is 3.07. The topological polar surface area (TPSA) is 56.1 Å². The molecule has 5 heteroatoms. The molecule has 112 valence electrons. The number of aryl methyl sites for hydroxylation is 1. The van der Waals surface area contributed by atoms with E-state index in [-0.39, 0.29) is 5.97 Å². The summed E-state index contributed by atoms with van der Waals surface area (Å²) in [6.45, 7) is 6.12. The number of esters is 1. The summed E-state index contributed by atoms with van der Waals surface area (Å²) in [7, 11) is 1.86. The van der Waals surface area contributed by atoms with Gasteiger partial charge in [-0.15, -0.1) is 0 Å². The molecule has 1 aromatic rings. The number of hydrogen-bond acceptors (Lipinski definition) is 4. The average molecular weight is 279 g/mol. The van der Waals surface area contributed by atoms with Gasteiger partial charge in [0.1, 0.15) is 5.56 Å². The largest absolute Gasteiger partial charge is 0.462 e. The van der Waals surface area contributed by atoms with Crippen LogP contribution >= 0.6 is 0 Å². The molecule has 0 radical (unpaired) electrons. The Bertz CT molecular complexity index is 464. The zero-order valence-corrected chi connectivity index (χ0v) is 12.7. The number of nitrogens with one attached hydrogen (secondary N) is 1. The molecule has 0 spiro atoms. The third-order valence-corrected chi connectivity index (χ3v) is 4.09. The van der Waals surface area contributed by atoms with E-state index in [1.807, 2.05) is 14.0 Å². The molecule has 20 heavy (non-hydrogen) atoms. The number of carbonyl (C=O) groups excluding carboxylic acids is 1. The molecule has 1 aliphatic carbocycles. The lowest BCUT2D eigenvalue weighted by atomic mass is 10.0. The third-order valence-electron chi connectivity index (χ3n) is 4.09. The van der Waals surface area contributed by atoms with Gasteiger partial charge in [-0.05, 0) is 31.6 Å². The molecule has 5 nitrogen and oxygen atoms in total. The third kappa shape index (κ3) is 3.39. The van der Waals surface area contributed by atoms with Crippen LogP contribution in [-0.2, 0) is 18.3 Å². The second-order valence-electron chi connectivity index (χ2n) is 5.70. The van der Waals surface area contributed by atoms with Crippen molar-refractivity contribution in [3.63, 3.8) is 0 Å². The molecular formula is C15H25N3O2. The van der Waals surface area contributed by atoms with E-state index >= 15 is 0 Å². The Kier molecular flexibility index (Phi) is 4.81. The molecule has 1 aliphatic rings. The van der Waals surface area contributed by atoms with Crippen molar-refractivity contribution in [1.82, 2.24) is 15.1 Å². The lowest BCUT2D eigenvalue weighted by Crippen LogP contribution is -2.25. The van der Waals surface area contributed by atoms with Crippen molar-refractivity contribution < 1.29 is 9.53 Å². The van der Waals surface area contributed by atoms with Gasteiger partial charge in [0.2, 0.25) is 0 Å². The lowest BCUT2D eigenvalue weighted by Gasteiger charge is -2.15. The minimum Gasteiger partial charge on any atom is -0.462 e. The summed E-state index contributed by atoms with van der Waals surface area (Å²) in [5, 5.41) is 7.65. The molecule has 0 saturated heterocycles. The number of hydrogen-bond donors (Lipinski definition) is 1. The normalized spacial score (nSPS) is 16.1. The first-order valence-electron chi connectivity index (χ1n) is 7.50. The molecule has 1 aromatic heterocycles. The minimum absolute atomic E-state index is 0.285. The van der Waals surface area contributed by atoms with Crippen molar-refractivity contribution in [2.75, 3.05) is 13.2 Å². The first kappa shape index (κ1) is 15.0. The Morgan fingerprint density at radius 3 is 2.85 bits per heavy atom. The van der Waals surface area contributed by atoms with Crippen LogP contribution in [0.3, 0.4) is 0 Å². The number of nitrogens with zero attached hydrogens (tertiary/aromatic N) is 2. The van der Waals surface area contributed by atoms with Crippen LogP contribution in [0.1, 0.15) is 55.6 Å². The zero-order valence-electron chi connectivity index (χ0n) is 12.7. The SMILES string of the molecule is CCCC1(CNCc2c(C(=O)OCC)cnn2C)CC1. The van der Waals surface area contributed by atoms with Gasteiger partial charge in [-0.2, -0.15) is 5.10 Å². The van der Waals surface area contributed by atoms with Crippen LogP contribution in [0.4, 0.5) is 0 Å². The molecule has 0 bridgehead atoms. The van der Waals surface area contributed by atoms with Gasteiger partial charge in [0.05, 0.1) is 18.5 Å². The summed E-state index contributed by atoms with van der Waals surface area (Å²) < 4.78 is 6.81. The predicted octanol–water partition coefficient (Wildman–Crippen LogP) is 2.27. The van der Waals surface area contributed by atoms with Crippen molar-refractivity contribution in [3.05, 3.63) is 17.5 Å². The van der Waals surface area contributed by atoms with Crippen LogP contribution in [-0.4, -0.2) is 28.9 Å². The fourth-order valence-corrected chi connectivity index (χ4v) is 2.72. The van der Waals surface area contributed by atoms with E-state index in [1.165, 1.54) is 25.7 Å². The second-order valence-corrected chi connectivity index (χ2v) is 5.70. The molecule has 2 rings (SSSR count). The van der Waals surface area contributed by atoms with Crippen LogP contribution in [0.5, 0.6) is 0 Å². The van der Waals surface area contributed by atoms with E-state index in [0.717, 1.165) is 12.2 Å². The van der Waals surface area contributed by atoms with E-state index in [2.05, 4.69) is 17.3 Å². The smallest absolute Gasteiger partial charge is 0.341 e. The maximum atomic E-state index is 11.9. The van der Waals surface area contributed by atoms with E-state index < -0.39 is 0 Å². The quantitative estimate of drug-likeness (QED) is 0.742. The number of ether oxygens (including phenoxy) is 1. The molecule has 1 saturated carbocycles. The first-order chi connectivity index (χ1) is 9.62. The highest BCUT2D eigenvalue weighted by molar-refractivity contribution is 5.90. The van der Waals surface area contributed by atoms with Crippen molar-refractivity contribution >= 4 is 5.97 Å². The van der Waals surface area contributed by atoms with Gasteiger partial charge in [0.15, 0.2) is 0 Å². The van der Waals surface area contributed by atoms with Gasteiger partial charge >= 0.3 is 5.97 Å². The molecule has 0 amide bonds. The van der Waals surface area contributed by atoms with Crippen molar-refractivity contribution in [2.24, 2.45) is 12.5 Å². The van der Waals surface area contributed by atoms with E-state index in [9.17, 15) is 4.79 Å². The summed E-state index contributed by atoms with van der Waals surface area (Å²) in [5.74, 6) is -0.285. The maximum Gasteiger partial charge on any atom is 0.341 e. The molecule has 0 unspecified atom stereocenters. The number of carbonyl (C=O) groups is 1. The minimum atomic E-state index is -0.285. The van der Waals surface area contributed by atoms with Crippen molar-refractivity contribution in [1.29, 1.82) is 0 Å². The van der Waals surface area contributed by atoms with Crippen LogP contribution < -0.4 is 5.32 Å². The lowest BCUT2D eigenvalue weighted by molar-refractivity contribution is 0.0524. The molecule has 0 aliphatic heterocycles. The summed E-state index contributed by atoms with van der Waals surface area (Å²) in [5.41, 5.74) is 1.98. The number of rotatable bonds is 8.